The molecule has 7 nitrogen and oxygen atoms in total. The van der Waals surface area contributed by atoms with Crippen molar-refractivity contribution in [2.45, 2.75) is 25.8 Å². The standard InChI is InChI=1S/C17H20N6O/c1-11(12-3-4-12)23-10-14(8-18-23)19-17(24)16-7-15(20-21-16)13-5-6-22(2)9-13/h5-12H,3-4H2,1-2H3,(H,19,24)(H,20,21). The van der Waals surface area contributed by atoms with Gasteiger partial charge in [0, 0.05) is 31.2 Å². The van der Waals surface area contributed by atoms with Crippen molar-refractivity contribution in [1.29, 1.82) is 0 Å². The maximum atomic E-state index is 12.4. The van der Waals surface area contributed by atoms with Crippen LogP contribution >= 0.6 is 0 Å². The highest BCUT2D eigenvalue weighted by molar-refractivity contribution is 6.03. The topological polar surface area (TPSA) is 80.5 Å². The lowest BCUT2D eigenvalue weighted by Crippen LogP contribution is -2.12. The van der Waals surface area contributed by atoms with Crippen LogP contribution in [-0.2, 0) is 7.05 Å². The lowest BCUT2D eigenvalue weighted by molar-refractivity contribution is 0.102. The number of hydrogen-bond acceptors (Lipinski definition) is 3. The van der Waals surface area contributed by atoms with Gasteiger partial charge in [-0.05, 0) is 37.8 Å². The number of anilines is 1. The SMILES string of the molecule is CC(C1CC1)n1cc(NC(=O)c2cc(-c3ccn(C)c3)n[nH]2)cn1. The summed E-state index contributed by atoms with van der Waals surface area (Å²) in [5, 5.41) is 14.2. The number of nitrogens with zero attached hydrogens (tertiary/aromatic N) is 4. The Labute approximate surface area is 139 Å². The van der Waals surface area contributed by atoms with Crippen molar-refractivity contribution in [2.24, 2.45) is 13.0 Å². The van der Waals surface area contributed by atoms with Gasteiger partial charge in [-0.2, -0.15) is 10.2 Å². The number of carbonyl (C=O) groups excluding carboxylic acids is 1. The highest BCUT2D eigenvalue weighted by Crippen LogP contribution is 2.39. The summed E-state index contributed by atoms with van der Waals surface area (Å²) in [6.45, 7) is 2.16. The molecule has 3 aromatic rings. The molecule has 3 aromatic heterocycles. The lowest BCUT2D eigenvalue weighted by Gasteiger charge is -2.09. The number of nitrogens with one attached hydrogen (secondary N) is 2. The molecule has 24 heavy (non-hydrogen) atoms. The average Bonchev–Trinajstić information content (AvgIpc) is 2.97. The summed E-state index contributed by atoms with van der Waals surface area (Å²) in [6, 6.07) is 4.09. The van der Waals surface area contributed by atoms with Crippen molar-refractivity contribution >= 4 is 11.6 Å². The highest BCUT2D eigenvalue weighted by atomic mass is 16.1. The van der Waals surface area contributed by atoms with Gasteiger partial charge in [-0.15, -0.1) is 0 Å². The Bertz CT molecular complexity index is 869. The quantitative estimate of drug-likeness (QED) is 0.757. The Morgan fingerprint density at radius 2 is 2.25 bits per heavy atom. The van der Waals surface area contributed by atoms with Gasteiger partial charge in [0.2, 0.25) is 0 Å². The zero-order valence-corrected chi connectivity index (χ0v) is 13.7. The fourth-order valence-electron chi connectivity index (χ4n) is 2.86. The summed E-state index contributed by atoms with van der Waals surface area (Å²) >= 11 is 0. The van der Waals surface area contributed by atoms with Gasteiger partial charge in [0.05, 0.1) is 23.6 Å². The molecule has 1 unspecified atom stereocenters. The predicted octanol–water partition coefficient (Wildman–Crippen LogP) is 2.84. The van der Waals surface area contributed by atoms with Crippen molar-refractivity contribution in [3.05, 3.63) is 42.6 Å². The summed E-state index contributed by atoms with van der Waals surface area (Å²) in [4.78, 5) is 12.4. The molecule has 0 saturated heterocycles. The minimum Gasteiger partial charge on any atom is -0.357 e. The van der Waals surface area contributed by atoms with E-state index in [4.69, 9.17) is 0 Å². The summed E-state index contributed by atoms with van der Waals surface area (Å²) < 4.78 is 3.87. The molecule has 7 heteroatoms. The highest BCUT2D eigenvalue weighted by Gasteiger charge is 2.29. The molecule has 3 heterocycles. The molecule has 0 bridgehead atoms. The van der Waals surface area contributed by atoms with Gasteiger partial charge in [-0.1, -0.05) is 0 Å². The van der Waals surface area contributed by atoms with Crippen LogP contribution in [0.4, 0.5) is 5.69 Å². The second-order valence-electron chi connectivity index (χ2n) is 6.47. The molecule has 1 aliphatic rings. The fraction of sp³-hybridized carbons (Fsp3) is 0.353. The molecule has 1 aliphatic carbocycles. The number of amides is 1. The monoisotopic (exact) mass is 324 g/mol. The Morgan fingerprint density at radius 1 is 1.42 bits per heavy atom. The third kappa shape index (κ3) is 2.84. The number of aromatic amines is 1. The Balaban J connectivity index is 1.45. The van der Waals surface area contributed by atoms with Gasteiger partial charge in [-0.3, -0.25) is 14.6 Å². The molecule has 124 valence electrons. The number of H-pyrrole nitrogens is 1. The Morgan fingerprint density at radius 3 is 2.96 bits per heavy atom. The second kappa shape index (κ2) is 5.67. The van der Waals surface area contributed by atoms with E-state index >= 15 is 0 Å². The first kappa shape index (κ1) is 14.7. The molecule has 0 aromatic carbocycles. The smallest absolute Gasteiger partial charge is 0.273 e. The first-order valence-corrected chi connectivity index (χ1v) is 8.13. The number of hydrogen-bond donors (Lipinski definition) is 2. The van der Waals surface area contributed by atoms with Gasteiger partial charge in [-0.25, -0.2) is 0 Å². The second-order valence-corrected chi connectivity index (χ2v) is 6.47. The first-order chi connectivity index (χ1) is 11.6. The number of rotatable bonds is 5. The number of aryl methyl sites for hydroxylation is 1. The molecule has 1 amide bonds. The van der Waals surface area contributed by atoms with Gasteiger partial charge >= 0.3 is 0 Å². The minimum absolute atomic E-state index is 0.219. The van der Waals surface area contributed by atoms with Gasteiger partial charge < -0.3 is 9.88 Å². The predicted molar refractivity (Wildman–Crippen MR) is 90.6 cm³/mol. The van der Waals surface area contributed by atoms with Gasteiger partial charge in [0.25, 0.3) is 5.91 Å². The van der Waals surface area contributed by atoms with Crippen LogP contribution in [0.15, 0.2) is 36.9 Å². The van der Waals surface area contributed by atoms with Crippen molar-refractivity contribution in [1.82, 2.24) is 24.5 Å². The van der Waals surface area contributed by atoms with E-state index in [1.165, 1.54) is 12.8 Å². The van der Waals surface area contributed by atoms with Crippen LogP contribution in [0.5, 0.6) is 0 Å². The summed E-state index contributed by atoms with van der Waals surface area (Å²) in [6.07, 6.45) is 10.00. The van der Waals surface area contributed by atoms with E-state index in [1.54, 1.807) is 12.3 Å². The third-order valence-corrected chi connectivity index (χ3v) is 4.53. The Hall–Kier alpha value is -2.83. The summed E-state index contributed by atoms with van der Waals surface area (Å²) in [5.74, 6) is 0.498. The largest absolute Gasteiger partial charge is 0.357 e. The van der Waals surface area contributed by atoms with Crippen LogP contribution in [0.3, 0.4) is 0 Å². The lowest BCUT2D eigenvalue weighted by atomic mass is 10.2. The minimum atomic E-state index is -0.219. The maximum Gasteiger partial charge on any atom is 0.273 e. The van der Waals surface area contributed by atoms with Crippen LogP contribution in [0.25, 0.3) is 11.3 Å². The van der Waals surface area contributed by atoms with Crippen LogP contribution in [0, 0.1) is 5.92 Å². The van der Waals surface area contributed by atoms with E-state index in [1.807, 2.05) is 41.0 Å². The van der Waals surface area contributed by atoms with Crippen molar-refractivity contribution < 1.29 is 4.79 Å². The van der Waals surface area contributed by atoms with Crippen LogP contribution in [0.2, 0.25) is 0 Å². The van der Waals surface area contributed by atoms with E-state index in [-0.39, 0.29) is 5.91 Å². The van der Waals surface area contributed by atoms with Gasteiger partial charge in [0.15, 0.2) is 0 Å². The molecule has 0 spiro atoms. The van der Waals surface area contributed by atoms with Gasteiger partial charge in [0.1, 0.15) is 5.69 Å². The van der Waals surface area contributed by atoms with Crippen molar-refractivity contribution in [3.63, 3.8) is 0 Å². The molecule has 1 saturated carbocycles. The van der Waals surface area contributed by atoms with Crippen LogP contribution in [0.1, 0.15) is 36.3 Å². The van der Waals surface area contributed by atoms with Crippen LogP contribution < -0.4 is 5.32 Å². The summed E-state index contributed by atoms with van der Waals surface area (Å²) in [7, 11) is 1.95. The fourth-order valence-corrected chi connectivity index (χ4v) is 2.86. The molecule has 2 N–H and O–H groups in total. The van der Waals surface area contributed by atoms with Crippen LogP contribution in [-0.4, -0.2) is 30.5 Å². The Kier molecular flexibility index (Phi) is 3.48. The molecular weight excluding hydrogens is 304 g/mol. The molecule has 0 radical (unpaired) electrons. The van der Waals surface area contributed by atoms with E-state index in [0.717, 1.165) is 17.2 Å². The molecule has 1 atom stereocenters. The van der Waals surface area contributed by atoms with E-state index in [2.05, 4.69) is 27.5 Å². The molecule has 0 aliphatic heterocycles. The maximum absolute atomic E-state index is 12.4. The van der Waals surface area contributed by atoms with E-state index in [0.29, 0.717) is 17.4 Å². The van der Waals surface area contributed by atoms with Crippen molar-refractivity contribution in [2.75, 3.05) is 5.32 Å². The third-order valence-electron chi connectivity index (χ3n) is 4.53. The average molecular weight is 324 g/mol. The normalized spacial score (nSPS) is 15.4. The first-order valence-electron chi connectivity index (χ1n) is 8.13. The van der Waals surface area contributed by atoms with Crippen molar-refractivity contribution in [3.8, 4) is 11.3 Å². The molecular formula is C17H20N6O. The zero-order chi connectivity index (χ0) is 16.7. The zero-order valence-electron chi connectivity index (χ0n) is 13.7. The molecule has 1 fully saturated rings. The molecule has 4 rings (SSSR count). The summed E-state index contributed by atoms with van der Waals surface area (Å²) in [5.41, 5.74) is 2.85. The van der Waals surface area contributed by atoms with E-state index < -0.39 is 0 Å². The van der Waals surface area contributed by atoms with E-state index in [9.17, 15) is 4.79 Å². The number of carbonyl (C=O) groups is 1. The number of aromatic nitrogens is 5.